The minimum atomic E-state index is -0.0708. The number of rotatable bonds is 8. The quantitative estimate of drug-likeness (QED) is 0.664. The fourth-order valence-electron chi connectivity index (χ4n) is 3.79. The molecule has 1 saturated heterocycles. The number of nitrogens with zero attached hydrogens (tertiary/aromatic N) is 1. The fraction of sp³-hybridized carbons (Fsp3) is 0.458. The van der Waals surface area contributed by atoms with E-state index in [9.17, 15) is 4.79 Å². The third-order valence-electron chi connectivity index (χ3n) is 5.43. The zero-order valence-electron chi connectivity index (χ0n) is 17.6. The van der Waals surface area contributed by atoms with E-state index in [0.717, 1.165) is 55.8 Å². The molecule has 1 aliphatic heterocycles. The van der Waals surface area contributed by atoms with E-state index in [2.05, 4.69) is 65.8 Å². The van der Waals surface area contributed by atoms with Crippen molar-refractivity contribution in [3.8, 4) is 5.75 Å². The molecule has 5 nitrogen and oxygen atoms in total. The molecule has 2 aromatic carbocycles. The molecule has 0 aromatic heterocycles. The summed E-state index contributed by atoms with van der Waals surface area (Å²) >= 11 is 0. The molecule has 5 heteroatoms. The van der Waals surface area contributed by atoms with Crippen LogP contribution in [0.25, 0.3) is 0 Å². The van der Waals surface area contributed by atoms with Crippen LogP contribution < -0.4 is 15.4 Å². The molecule has 3 rings (SSSR count). The maximum atomic E-state index is 12.1. The SMILES string of the molecule is Cc1cccc(C)c1OCCCNC(=O)NC1CCN(Cc2ccccc2)CC1. The lowest BCUT2D eigenvalue weighted by atomic mass is 10.0. The van der Waals surface area contributed by atoms with Crippen molar-refractivity contribution < 1.29 is 9.53 Å². The second-order valence-corrected chi connectivity index (χ2v) is 7.86. The summed E-state index contributed by atoms with van der Waals surface area (Å²) in [7, 11) is 0. The molecule has 0 spiro atoms. The number of ether oxygens (including phenoxy) is 1. The molecule has 0 aliphatic carbocycles. The molecule has 29 heavy (non-hydrogen) atoms. The van der Waals surface area contributed by atoms with Crippen LogP contribution in [0.3, 0.4) is 0 Å². The Morgan fingerprint density at radius 3 is 2.41 bits per heavy atom. The van der Waals surface area contributed by atoms with Crippen LogP contribution in [0.5, 0.6) is 5.75 Å². The standard InChI is InChI=1S/C24H33N3O2/c1-19-8-6-9-20(2)23(19)29-17-7-14-25-24(28)26-22-12-15-27(16-13-22)18-21-10-4-3-5-11-21/h3-6,8-11,22H,7,12-18H2,1-2H3,(H2,25,26,28). The topological polar surface area (TPSA) is 53.6 Å². The molecule has 156 valence electrons. The molecule has 0 bridgehead atoms. The number of carbonyl (C=O) groups is 1. The van der Waals surface area contributed by atoms with Crippen LogP contribution in [-0.2, 0) is 6.54 Å². The Bertz CT molecular complexity index is 751. The predicted molar refractivity (Wildman–Crippen MR) is 117 cm³/mol. The monoisotopic (exact) mass is 395 g/mol. The van der Waals surface area contributed by atoms with E-state index in [0.29, 0.717) is 13.2 Å². The molecule has 0 atom stereocenters. The molecule has 0 unspecified atom stereocenters. The Labute approximate surface area is 174 Å². The number of carbonyl (C=O) groups excluding carboxylic acids is 1. The highest BCUT2D eigenvalue weighted by molar-refractivity contribution is 5.74. The Hall–Kier alpha value is -2.53. The van der Waals surface area contributed by atoms with Crippen LogP contribution >= 0.6 is 0 Å². The normalized spacial score (nSPS) is 15.1. The van der Waals surface area contributed by atoms with E-state index in [1.54, 1.807) is 0 Å². The van der Waals surface area contributed by atoms with Gasteiger partial charge in [0.25, 0.3) is 0 Å². The summed E-state index contributed by atoms with van der Waals surface area (Å²) < 4.78 is 5.88. The van der Waals surface area contributed by atoms with Gasteiger partial charge in [-0.3, -0.25) is 4.90 Å². The van der Waals surface area contributed by atoms with Gasteiger partial charge in [-0.25, -0.2) is 4.79 Å². The lowest BCUT2D eigenvalue weighted by Gasteiger charge is -2.32. The Morgan fingerprint density at radius 2 is 1.72 bits per heavy atom. The van der Waals surface area contributed by atoms with Crippen molar-refractivity contribution in [2.45, 2.75) is 45.7 Å². The lowest BCUT2D eigenvalue weighted by Crippen LogP contribution is -2.47. The molecule has 1 fully saturated rings. The highest BCUT2D eigenvalue weighted by Gasteiger charge is 2.20. The second-order valence-electron chi connectivity index (χ2n) is 7.86. The molecule has 2 aromatic rings. The van der Waals surface area contributed by atoms with Gasteiger partial charge in [-0.05, 0) is 49.8 Å². The lowest BCUT2D eigenvalue weighted by molar-refractivity contribution is 0.186. The van der Waals surface area contributed by atoms with Gasteiger partial charge in [-0.15, -0.1) is 0 Å². The van der Waals surface area contributed by atoms with Gasteiger partial charge in [0.1, 0.15) is 5.75 Å². The van der Waals surface area contributed by atoms with Crippen LogP contribution in [0, 0.1) is 13.8 Å². The van der Waals surface area contributed by atoms with Crippen molar-refractivity contribution in [1.82, 2.24) is 15.5 Å². The first kappa shape index (κ1) is 21.2. The molecule has 2 amide bonds. The first-order valence-corrected chi connectivity index (χ1v) is 10.6. The van der Waals surface area contributed by atoms with Crippen LogP contribution in [0.2, 0.25) is 0 Å². The van der Waals surface area contributed by atoms with Crippen molar-refractivity contribution in [3.05, 3.63) is 65.2 Å². The molecule has 0 saturated carbocycles. The number of amides is 2. The first-order valence-electron chi connectivity index (χ1n) is 10.6. The largest absolute Gasteiger partial charge is 0.493 e. The number of hydrogen-bond acceptors (Lipinski definition) is 3. The third-order valence-corrected chi connectivity index (χ3v) is 5.43. The number of urea groups is 1. The summed E-state index contributed by atoms with van der Waals surface area (Å²) in [5.41, 5.74) is 3.64. The summed E-state index contributed by atoms with van der Waals surface area (Å²) in [6.07, 6.45) is 2.78. The predicted octanol–water partition coefficient (Wildman–Crippen LogP) is 4.04. The molecule has 2 N–H and O–H groups in total. The number of nitrogens with one attached hydrogen (secondary N) is 2. The second kappa shape index (κ2) is 10.9. The van der Waals surface area contributed by atoms with Gasteiger partial charge < -0.3 is 15.4 Å². The summed E-state index contributed by atoms with van der Waals surface area (Å²) in [4.78, 5) is 14.6. The van der Waals surface area contributed by atoms with Crippen LogP contribution in [0.15, 0.2) is 48.5 Å². The minimum Gasteiger partial charge on any atom is -0.493 e. The number of para-hydroxylation sites is 1. The molecule has 0 radical (unpaired) electrons. The van der Waals surface area contributed by atoms with Gasteiger partial charge in [0.05, 0.1) is 6.61 Å². The third kappa shape index (κ3) is 6.79. The fourth-order valence-corrected chi connectivity index (χ4v) is 3.79. The van der Waals surface area contributed by atoms with E-state index in [4.69, 9.17) is 4.74 Å². The van der Waals surface area contributed by atoms with Crippen molar-refractivity contribution in [3.63, 3.8) is 0 Å². The van der Waals surface area contributed by atoms with Crippen molar-refractivity contribution in [2.75, 3.05) is 26.2 Å². The van der Waals surface area contributed by atoms with Crippen molar-refractivity contribution in [2.24, 2.45) is 0 Å². The number of piperidine rings is 1. The maximum absolute atomic E-state index is 12.1. The smallest absolute Gasteiger partial charge is 0.315 e. The number of likely N-dealkylation sites (tertiary alicyclic amines) is 1. The Morgan fingerprint density at radius 1 is 1.03 bits per heavy atom. The van der Waals surface area contributed by atoms with E-state index >= 15 is 0 Å². The van der Waals surface area contributed by atoms with Gasteiger partial charge in [0, 0.05) is 32.2 Å². The minimum absolute atomic E-state index is 0.0708. The molecular weight excluding hydrogens is 362 g/mol. The van der Waals surface area contributed by atoms with Gasteiger partial charge >= 0.3 is 6.03 Å². The molecular formula is C24H33N3O2. The number of aryl methyl sites for hydroxylation is 2. The Balaban J connectivity index is 1.27. The summed E-state index contributed by atoms with van der Waals surface area (Å²) in [5, 5.41) is 6.07. The summed E-state index contributed by atoms with van der Waals surface area (Å²) in [6.45, 7) is 8.35. The summed E-state index contributed by atoms with van der Waals surface area (Å²) in [5.74, 6) is 0.958. The highest BCUT2D eigenvalue weighted by atomic mass is 16.5. The average molecular weight is 396 g/mol. The van der Waals surface area contributed by atoms with Gasteiger partial charge in [0.15, 0.2) is 0 Å². The van der Waals surface area contributed by atoms with Gasteiger partial charge in [-0.1, -0.05) is 48.5 Å². The van der Waals surface area contributed by atoms with E-state index in [-0.39, 0.29) is 12.1 Å². The molecule has 1 aliphatic rings. The van der Waals surface area contributed by atoms with E-state index in [1.165, 1.54) is 5.56 Å². The summed E-state index contributed by atoms with van der Waals surface area (Å²) in [6, 6.07) is 16.9. The van der Waals surface area contributed by atoms with E-state index in [1.807, 2.05) is 12.1 Å². The maximum Gasteiger partial charge on any atom is 0.315 e. The highest BCUT2D eigenvalue weighted by Crippen LogP contribution is 2.22. The van der Waals surface area contributed by atoms with E-state index < -0.39 is 0 Å². The van der Waals surface area contributed by atoms with Gasteiger partial charge in [0.2, 0.25) is 0 Å². The Kier molecular flexibility index (Phi) is 7.94. The first-order chi connectivity index (χ1) is 14.1. The van der Waals surface area contributed by atoms with Gasteiger partial charge in [-0.2, -0.15) is 0 Å². The zero-order valence-corrected chi connectivity index (χ0v) is 17.6. The van der Waals surface area contributed by atoms with Crippen LogP contribution in [0.4, 0.5) is 4.79 Å². The molecule has 1 heterocycles. The van der Waals surface area contributed by atoms with Crippen molar-refractivity contribution >= 4 is 6.03 Å². The zero-order chi connectivity index (χ0) is 20.5. The number of hydrogen-bond donors (Lipinski definition) is 2. The van der Waals surface area contributed by atoms with Crippen LogP contribution in [0.1, 0.15) is 36.0 Å². The van der Waals surface area contributed by atoms with Crippen LogP contribution in [-0.4, -0.2) is 43.2 Å². The number of benzene rings is 2. The average Bonchev–Trinajstić information content (AvgIpc) is 2.72. The van der Waals surface area contributed by atoms with Crippen molar-refractivity contribution in [1.29, 1.82) is 0 Å².